The first-order valence-corrected chi connectivity index (χ1v) is 10.1. The number of aliphatic imine (C=N–C) groups is 1. The fourth-order valence-corrected chi connectivity index (χ4v) is 3.50. The average molecular weight is 365 g/mol. The molecule has 1 aliphatic rings. The van der Waals surface area contributed by atoms with E-state index < -0.39 is 0 Å². The van der Waals surface area contributed by atoms with E-state index in [0.29, 0.717) is 6.04 Å². The van der Waals surface area contributed by atoms with E-state index in [1.807, 2.05) is 13.4 Å². The molecule has 0 aliphatic heterocycles. The van der Waals surface area contributed by atoms with Crippen LogP contribution in [0.5, 0.6) is 11.5 Å². The molecule has 0 bridgehead atoms. The van der Waals surface area contributed by atoms with Gasteiger partial charge >= 0.3 is 0 Å². The van der Waals surface area contributed by atoms with Crippen LogP contribution in [0.2, 0.25) is 0 Å². The number of nitrogens with zero attached hydrogens (tertiary/aromatic N) is 2. The normalized spacial score (nSPS) is 15.0. The summed E-state index contributed by atoms with van der Waals surface area (Å²) in [6.07, 6.45) is 7.28. The first-order chi connectivity index (χ1) is 12.9. The van der Waals surface area contributed by atoms with Gasteiger partial charge in [-0.15, -0.1) is 0 Å². The molecule has 1 fully saturated rings. The molecule has 0 N–H and O–H groups in total. The Bertz CT molecular complexity index is 787. The minimum Gasteiger partial charge on any atom is -0.457 e. The number of aryl methyl sites for hydroxylation is 2. The lowest BCUT2D eigenvalue weighted by Gasteiger charge is -2.18. The maximum absolute atomic E-state index is 6.16. The first kappa shape index (κ1) is 19.5. The van der Waals surface area contributed by atoms with Gasteiger partial charge in [-0.2, -0.15) is 0 Å². The van der Waals surface area contributed by atoms with Crippen LogP contribution in [0.25, 0.3) is 0 Å². The lowest BCUT2D eigenvalue weighted by molar-refractivity contribution is 0.429. The van der Waals surface area contributed by atoms with Gasteiger partial charge in [-0.25, -0.2) is 4.99 Å². The maximum atomic E-state index is 6.16. The molecule has 27 heavy (non-hydrogen) atoms. The minimum absolute atomic E-state index is 0.435. The molecule has 2 aromatic carbocycles. The summed E-state index contributed by atoms with van der Waals surface area (Å²) < 4.78 is 6.16. The molecule has 0 heterocycles. The molecule has 0 atom stereocenters. The third-order valence-corrected chi connectivity index (χ3v) is 5.62. The number of ether oxygens (including phenoxy) is 1. The third kappa shape index (κ3) is 4.91. The van der Waals surface area contributed by atoms with Crippen LogP contribution in [-0.2, 0) is 0 Å². The molecular formula is C24H32N2O. The molecule has 0 unspecified atom stereocenters. The van der Waals surface area contributed by atoms with Crippen molar-refractivity contribution < 1.29 is 4.74 Å². The number of rotatable bonds is 6. The van der Waals surface area contributed by atoms with E-state index in [2.05, 4.69) is 74.0 Å². The van der Waals surface area contributed by atoms with Crippen molar-refractivity contribution in [1.29, 1.82) is 0 Å². The summed E-state index contributed by atoms with van der Waals surface area (Å²) in [6.45, 7) is 8.46. The molecule has 144 valence electrons. The van der Waals surface area contributed by atoms with Gasteiger partial charge in [-0.3, -0.25) is 0 Å². The summed E-state index contributed by atoms with van der Waals surface area (Å²) in [4.78, 5) is 6.74. The Balaban J connectivity index is 1.72. The highest BCUT2D eigenvalue weighted by Gasteiger charge is 2.16. The van der Waals surface area contributed by atoms with E-state index in [-0.39, 0.29) is 0 Å². The highest BCUT2D eigenvalue weighted by molar-refractivity contribution is 5.65. The molecular weight excluding hydrogens is 332 g/mol. The number of benzene rings is 2. The molecule has 2 aromatic rings. The van der Waals surface area contributed by atoms with E-state index >= 15 is 0 Å². The van der Waals surface area contributed by atoms with E-state index in [1.54, 1.807) is 0 Å². The van der Waals surface area contributed by atoms with E-state index in [9.17, 15) is 0 Å². The fourth-order valence-electron chi connectivity index (χ4n) is 3.50. The molecule has 0 aromatic heterocycles. The van der Waals surface area contributed by atoms with Crippen molar-refractivity contribution in [1.82, 2.24) is 4.90 Å². The van der Waals surface area contributed by atoms with Gasteiger partial charge in [0.1, 0.15) is 11.5 Å². The Hall–Kier alpha value is -2.29. The van der Waals surface area contributed by atoms with Crippen molar-refractivity contribution in [3.8, 4) is 11.5 Å². The van der Waals surface area contributed by atoms with Gasteiger partial charge < -0.3 is 9.64 Å². The predicted octanol–water partition coefficient (Wildman–Crippen LogP) is 6.75. The molecule has 3 nitrogen and oxygen atoms in total. The van der Waals surface area contributed by atoms with Gasteiger partial charge in [-0.1, -0.05) is 25.0 Å². The lowest BCUT2D eigenvalue weighted by Crippen LogP contribution is -2.24. The van der Waals surface area contributed by atoms with Crippen LogP contribution in [-0.4, -0.2) is 24.3 Å². The molecule has 0 saturated heterocycles. The van der Waals surface area contributed by atoms with Gasteiger partial charge in [0.25, 0.3) is 0 Å². The standard InChI is InChI=1S/C24H32N2O/c1-17(2)26(5)16-25-23-14-19(4)24(15-18(23)3)27-22-12-10-21(11-13-22)20-8-6-7-9-20/h10-17,20H,6-9H2,1-5H3/b25-16-. The van der Waals surface area contributed by atoms with Gasteiger partial charge in [0.05, 0.1) is 12.0 Å². The zero-order valence-corrected chi connectivity index (χ0v) is 17.3. The molecule has 1 saturated carbocycles. The lowest BCUT2D eigenvalue weighted by atomic mass is 9.98. The molecule has 0 spiro atoms. The summed E-state index contributed by atoms with van der Waals surface area (Å²) in [6, 6.07) is 13.3. The monoisotopic (exact) mass is 364 g/mol. The van der Waals surface area contributed by atoms with E-state index in [0.717, 1.165) is 34.2 Å². The van der Waals surface area contributed by atoms with Crippen molar-refractivity contribution in [3.05, 3.63) is 53.1 Å². The quantitative estimate of drug-likeness (QED) is 0.418. The fraction of sp³-hybridized carbons (Fsp3) is 0.458. The molecule has 0 radical (unpaired) electrons. The second-order valence-electron chi connectivity index (χ2n) is 8.06. The van der Waals surface area contributed by atoms with Crippen molar-refractivity contribution in [3.63, 3.8) is 0 Å². The molecule has 3 heteroatoms. The largest absolute Gasteiger partial charge is 0.457 e. The minimum atomic E-state index is 0.435. The van der Waals surface area contributed by atoms with Crippen molar-refractivity contribution in [2.24, 2.45) is 4.99 Å². The Kier molecular flexibility index (Phi) is 6.20. The Morgan fingerprint density at radius 3 is 2.33 bits per heavy atom. The number of hydrogen-bond acceptors (Lipinski definition) is 2. The second-order valence-corrected chi connectivity index (χ2v) is 8.06. The first-order valence-electron chi connectivity index (χ1n) is 10.1. The Morgan fingerprint density at radius 1 is 1.04 bits per heavy atom. The Morgan fingerprint density at radius 2 is 1.70 bits per heavy atom. The average Bonchev–Trinajstić information content (AvgIpc) is 3.18. The summed E-state index contributed by atoms with van der Waals surface area (Å²) in [5.74, 6) is 2.54. The highest BCUT2D eigenvalue weighted by Crippen LogP contribution is 2.36. The van der Waals surface area contributed by atoms with Crippen LogP contribution in [0.3, 0.4) is 0 Å². The third-order valence-electron chi connectivity index (χ3n) is 5.62. The van der Waals surface area contributed by atoms with Crippen molar-refractivity contribution in [2.45, 2.75) is 65.3 Å². The van der Waals surface area contributed by atoms with Gasteiger partial charge in [0.15, 0.2) is 0 Å². The zero-order chi connectivity index (χ0) is 19.4. The van der Waals surface area contributed by atoms with E-state index in [1.165, 1.54) is 31.2 Å². The number of hydrogen-bond donors (Lipinski definition) is 0. The van der Waals surface area contributed by atoms with Gasteiger partial charge in [-0.05, 0) is 87.4 Å². The maximum Gasteiger partial charge on any atom is 0.130 e. The summed E-state index contributed by atoms with van der Waals surface area (Å²) in [7, 11) is 2.04. The van der Waals surface area contributed by atoms with Crippen LogP contribution < -0.4 is 4.74 Å². The summed E-state index contributed by atoms with van der Waals surface area (Å²) in [5.41, 5.74) is 4.65. The van der Waals surface area contributed by atoms with Crippen LogP contribution in [0.1, 0.15) is 62.1 Å². The smallest absolute Gasteiger partial charge is 0.130 e. The van der Waals surface area contributed by atoms with Crippen LogP contribution >= 0.6 is 0 Å². The van der Waals surface area contributed by atoms with Crippen molar-refractivity contribution >= 4 is 12.0 Å². The van der Waals surface area contributed by atoms with Crippen LogP contribution in [0.15, 0.2) is 41.4 Å². The molecule has 3 rings (SSSR count). The SMILES string of the molecule is Cc1cc(Oc2ccc(C3CCCC3)cc2)c(C)cc1/N=C\N(C)C(C)C. The zero-order valence-electron chi connectivity index (χ0n) is 17.3. The van der Waals surface area contributed by atoms with Gasteiger partial charge in [0, 0.05) is 13.1 Å². The molecule has 0 amide bonds. The Labute approximate surface area is 164 Å². The summed E-state index contributed by atoms with van der Waals surface area (Å²) in [5, 5.41) is 0. The van der Waals surface area contributed by atoms with Crippen LogP contribution in [0, 0.1) is 13.8 Å². The topological polar surface area (TPSA) is 24.8 Å². The van der Waals surface area contributed by atoms with Crippen molar-refractivity contribution in [2.75, 3.05) is 7.05 Å². The summed E-state index contributed by atoms with van der Waals surface area (Å²) >= 11 is 0. The van der Waals surface area contributed by atoms with Gasteiger partial charge in [0.2, 0.25) is 0 Å². The predicted molar refractivity (Wildman–Crippen MR) is 115 cm³/mol. The second kappa shape index (κ2) is 8.60. The van der Waals surface area contributed by atoms with E-state index in [4.69, 9.17) is 4.74 Å². The van der Waals surface area contributed by atoms with Crippen LogP contribution in [0.4, 0.5) is 5.69 Å². The highest BCUT2D eigenvalue weighted by atomic mass is 16.5. The molecule has 1 aliphatic carbocycles.